The molecule has 0 spiro atoms. The summed E-state index contributed by atoms with van der Waals surface area (Å²) < 4.78 is 10.3. The first-order chi connectivity index (χ1) is 8.19. The molecule has 1 aliphatic carbocycles. The van der Waals surface area contributed by atoms with Crippen molar-refractivity contribution in [1.82, 2.24) is 0 Å². The van der Waals surface area contributed by atoms with Crippen LogP contribution in [0, 0.1) is 12.8 Å². The zero-order valence-electron chi connectivity index (χ0n) is 10.5. The molecule has 1 fully saturated rings. The summed E-state index contributed by atoms with van der Waals surface area (Å²) in [5.74, 6) is 0.876. The largest absolute Gasteiger partial charge is 0.496 e. The zero-order valence-corrected chi connectivity index (χ0v) is 10.5. The fraction of sp³-hybridized carbons (Fsp3) is 0.500. The van der Waals surface area contributed by atoms with Crippen molar-refractivity contribution in [3.8, 4) is 5.75 Å². The molecular weight excluding hydrogens is 216 g/mol. The number of esters is 1. The van der Waals surface area contributed by atoms with Gasteiger partial charge in [0.15, 0.2) is 0 Å². The predicted molar refractivity (Wildman–Crippen MR) is 65.2 cm³/mol. The minimum absolute atomic E-state index is 0.153. The minimum Gasteiger partial charge on any atom is -0.496 e. The van der Waals surface area contributed by atoms with E-state index in [0.717, 1.165) is 29.7 Å². The van der Waals surface area contributed by atoms with E-state index in [9.17, 15) is 4.79 Å². The third kappa shape index (κ3) is 2.28. The maximum Gasteiger partial charge on any atom is 0.313 e. The van der Waals surface area contributed by atoms with Crippen LogP contribution in [0.5, 0.6) is 5.75 Å². The van der Waals surface area contributed by atoms with Crippen LogP contribution in [0.2, 0.25) is 0 Å². The van der Waals surface area contributed by atoms with Crippen LogP contribution in [-0.4, -0.2) is 20.2 Å². The quantitative estimate of drug-likeness (QED) is 0.751. The zero-order chi connectivity index (χ0) is 12.4. The van der Waals surface area contributed by atoms with E-state index in [1.165, 1.54) is 7.11 Å². The summed E-state index contributed by atoms with van der Waals surface area (Å²) >= 11 is 0. The molecule has 0 saturated heterocycles. The van der Waals surface area contributed by atoms with Crippen molar-refractivity contribution >= 4 is 5.97 Å². The number of hydrogen-bond donors (Lipinski definition) is 0. The fourth-order valence-electron chi connectivity index (χ4n) is 2.33. The lowest BCUT2D eigenvalue weighted by Crippen LogP contribution is -2.18. The highest BCUT2D eigenvalue weighted by Gasteiger charge is 2.40. The number of rotatable bonds is 4. The van der Waals surface area contributed by atoms with E-state index >= 15 is 0 Å². The summed E-state index contributed by atoms with van der Waals surface area (Å²) in [5, 5.41) is 0. The van der Waals surface area contributed by atoms with Crippen LogP contribution in [0.15, 0.2) is 18.2 Å². The first kappa shape index (κ1) is 12.0. The number of benzene rings is 1. The van der Waals surface area contributed by atoms with E-state index in [2.05, 4.69) is 0 Å². The van der Waals surface area contributed by atoms with Gasteiger partial charge in [-0.05, 0) is 37.3 Å². The normalized spacial score (nSPS) is 16.4. The summed E-state index contributed by atoms with van der Waals surface area (Å²) in [4.78, 5) is 11.9. The lowest BCUT2D eigenvalue weighted by atomic mass is 9.90. The molecule has 17 heavy (non-hydrogen) atoms. The monoisotopic (exact) mass is 234 g/mol. The van der Waals surface area contributed by atoms with Gasteiger partial charge in [0.25, 0.3) is 0 Å². The Labute approximate surface area is 102 Å². The third-order valence-corrected chi connectivity index (χ3v) is 3.36. The summed E-state index contributed by atoms with van der Waals surface area (Å²) in [6, 6.07) is 5.86. The molecule has 2 rings (SSSR count). The lowest BCUT2D eigenvalue weighted by Gasteiger charge is -2.19. The Bertz CT molecular complexity index is 421. The van der Waals surface area contributed by atoms with E-state index < -0.39 is 0 Å². The van der Waals surface area contributed by atoms with E-state index in [1.54, 1.807) is 7.11 Å². The molecule has 1 aliphatic rings. The first-order valence-electron chi connectivity index (χ1n) is 5.90. The number of hydrogen-bond acceptors (Lipinski definition) is 3. The van der Waals surface area contributed by atoms with Crippen LogP contribution < -0.4 is 4.74 Å². The molecule has 0 N–H and O–H groups in total. The van der Waals surface area contributed by atoms with E-state index in [4.69, 9.17) is 9.47 Å². The number of ether oxygens (including phenoxy) is 2. The predicted octanol–water partition coefficient (Wildman–Crippen LogP) is 2.67. The molecule has 1 aromatic rings. The van der Waals surface area contributed by atoms with Crippen molar-refractivity contribution in [1.29, 1.82) is 0 Å². The summed E-state index contributed by atoms with van der Waals surface area (Å²) in [5.41, 5.74) is 2.08. The molecule has 1 aromatic carbocycles. The van der Waals surface area contributed by atoms with Gasteiger partial charge in [0.05, 0.1) is 20.1 Å². The molecule has 3 heteroatoms. The van der Waals surface area contributed by atoms with Crippen molar-refractivity contribution in [3.05, 3.63) is 29.3 Å². The van der Waals surface area contributed by atoms with Crippen LogP contribution in [0.25, 0.3) is 0 Å². The molecule has 0 heterocycles. The Morgan fingerprint density at radius 3 is 2.59 bits per heavy atom. The second kappa shape index (κ2) is 4.78. The van der Waals surface area contributed by atoms with Crippen LogP contribution in [0.3, 0.4) is 0 Å². The number of carbonyl (C=O) groups is 1. The van der Waals surface area contributed by atoms with Gasteiger partial charge >= 0.3 is 5.97 Å². The Morgan fingerprint density at radius 1 is 1.35 bits per heavy atom. The number of carbonyl (C=O) groups excluding carboxylic acids is 1. The lowest BCUT2D eigenvalue weighted by molar-refractivity contribution is -0.143. The van der Waals surface area contributed by atoms with Crippen molar-refractivity contribution in [2.24, 2.45) is 5.92 Å². The van der Waals surface area contributed by atoms with E-state index in [-0.39, 0.29) is 11.9 Å². The van der Waals surface area contributed by atoms with Gasteiger partial charge in [-0.3, -0.25) is 4.79 Å². The van der Waals surface area contributed by atoms with Crippen LogP contribution in [0.4, 0.5) is 0 Å². The van der Waals surface area contributed by atoms with Crippen molar-refractivity contribution in [2.75, 3.05) is 14.2 Å². The molecule has 0 aromatic heterocycles. The standard InChI is InChI=1S/C14H18O3/c1-9-5-4-6-11(16-2)12(9)13(10-7-8-10)14(15)17-3/h4-6,10,13H,7-8H2,1-3H3. The number of aryl methyl sites for hydroxylation is 1. The minimum atomic E-state index is -0.170. The molecule has 1 unspecified atom stereocenters. The second-order valence-corrected chi connectivity index (χ2v) is 4.53. The molecule has 92 valence electrons. The Morgan fingerprint density at radius 2 is 2.06 bits per heavy atom. The highest BCUT2D eigenvalue weighted by molar-refractivity contribution is 5.80. The van der Waals surface area contributed by atoms with Crippen molar-refractivity contribution < 1.29 is 14.3 Å². The summed E-state index contributed by atoms with van der Waals surface area (Å²) in [7, 11) is 3.09. The average molecular weight is 234 g/mol. The third-order valence-electron chi connectivity index (χ3n) is 3.36. The average Bonchev–Trinajstić information content (AvgIpc) is 3.15. The smallest absolute Gasteiger partial charge is 0.313 e. The van der Waals surface area contributed by atoms with Gasteiger partial charge in [0.2, 0.25) is 0 Å². The SMILES string of the molecule is COC(=O)C(c1c(C)cccc1OC)C1CC1. The first-order valence-corrected chi connectivity index (χ1v) is 5.90. The van der Waals surface area contributed by atoms with Gasteiger partial charge in [-0.2, -0.15) is 0 Å². The summed E-state index contributed by atoms with van der Waals surface area (Å²) in [6.07, 6.45) is 2.19. The van der Waals surface area contributed by atoms with Gasteiger partial charge in [0, 0.05) is 5.56 Å². The van der Waals surface area contributed by atoms with Gasteiger partial charge in [0.1, 0.15) is 5.75 Å². The molecule has 0 radical (unpaired) electrons. The molecule has 3 nitrogen and oxygen atoms in total. The van der Waals surface area contributed by atoms with Gasteiger partial charge in [-0.15, -0.1) is 0 Å². The molecule has 0 amide bonds. The van der Waals surface area contributed by atoms with E-state index in [0.29, 0.717) is 5.92 Å². The maximum absolute atomic E-state index is 11.9. The number of methoxy groups -OCH3 is 2. The van der Waals surface area contributed by atoms with Gasteiger partial charge in [-0.25, -0.2) is 0 Å². The van der Waals surface area contributed by atoms with Crippen molar-refractivity contribution in [2.45, 2.75) is 25.7 Å². The van der Waals surface area contributed by atoms with Crippen LogP contribution in [-0.2, 0) is 9.53 Å². The van der Waals surface area contributed by atoms with Gasteiger partial charge in [-0.1, -0.05) is 12.1 Å². The molecular formula is C14H18O3. The Kier molecular flexibility index (Phi) is 3.36. The highest BCUT2D eigenvalue weighted by Crippen LogP contribution is 2.46. The van der Waals surface area contributed by atoms with Crippen molar-refractivity contribution in [3.63, 3.8) is 0 Å². The van der Waals surface area contributed by atoms with Gasteiger partial charge < -0.3 is 9.47 Å². The fourth-order valence-corrected chi connectivity index (χ4v) is 2.33. The molecule has 1 atom stereocenters. The second-order valence-electron chi connectivity index (χ2n) is 4.53. The Balaban J connectivity index is 2.44. The maximum atomic E-state index is 11.9. The van der Waals surface area contributed by atoms with Crippen LogP contribution in [0.1, 0.15) is 29.9 Å². The highest BCUT2D eigenvalue weighted by atomic mass is 16.5. The summed E-state index contributed by atoms with van der Waals surface area (Å²) in [6.45, 7) is 2.01. The van der Waals surface area contributed by atoms with E-state index in [1.807, 2.05) is 25.1 Å². The molecule has 0 aliphatic heterocycles. The Hall–Kier alpha value is -1.51. The molecule has 1 saturated carbocycles. The van der Waals surface area contributed by atoms with Crippen LogP contribution >= 0.6 is 0 Å². The molecule has 0 bridgehead atoms. The topological polar surface area (TPSA) is 35.5 Å².